The van der Waals surface area contributed by atoms with Crippen molar-refractivity contribution in [2.75, 3.05) is 0 Å². The zero-order valence-corrected chi connectivity index (χ0v) is 9.35. The molecule has 2 rings (SSSR count). The number of benzene rings is 1. The van der Waals surface area contributed by atoms with Crippen molar-refractivity contribution >= 4 is 12.6 Å². The molecule has 0 aliphatic rings. The van der Waals surface area contributed by atoms with Gasteiger partial charge >= 0.3 is 0 Å². The Morgan fingerprint density at radius 1 is 1.27 bits per heavy atom. The summed E-state index contributed by atoms with van der Waals surface area (Å²) >= 11 is 4.58. The third-order valence-corrected chi connectivity index (χ3v) is 2.64. The van der Waals surface area contributed by atoms with Crippen molar-refractivity contribution in [1.29, 1.82) is 0 Å². The van der Waals surface area contributed by atoms with Crippen molar-refractivity contribution in [3.05, 3.63) is 54.6 Å². The van der Waals surface area contributed by atoms with Crippen LogP contribution >= 0.6 is 12.6 Å². The van der Waals surface area contributed by atoms with E-state index in [9.17, 15) is 0 Å². The monoisotopic (exact) mass is 218 g/mol. The van der Waals surface area contributed by atoms with Gasteiger partial charge in [0.15, 0.2) is 0 Å². The van der Waals surface area contributed by atoms with Gasteiger partial charge in [-0.2, -0.15) is 12.6 Å². The Kier molecular flexibility index (Phi) is 3.45. The lowest BCUT2D eigenvalue weighted by atomic mass is 10.1. The second-order valence-electron chi connectivity index (χ2n) is 3.60. The van der Waals surface area contributed by atoms with E-state index >= 15 is 0 Å². The molecule has 1 aromatic heterocycles. The molecule has 2 nitrogen and oxygen atoms in total. The summed E-state index contributed by atoms with van der Waals surface area (Å²) in [4.78, 5) is 4.01. The fourth-order valence-corrected chi connectivity index (χ4v) is 1.99. The van der Waals surface area contributed by atoms with Gasteiger partial charge in [-0.15, -0.1) is 0 Å². The molecule has 0 aliphatic carbocycles. The van der Waals surface area contributed by atoms with Crippen molar-refractivity contribution in [1.82, 2.24) is 9.55 Å². The number of imidazole rings is 1. The van der Waals surface area contributed by atoms with Crippen LogP contribution in [-0.4, -0.2) is 14.8 Å². The molecule has 1 heterocycles. The number of hydrogen-bond donors (Lipinski definition) is 1. The number of aromatic nitrogens is 2. The Morgan fingerprint density at radius 2 is 2.07 bits per heavy atom. The van der Waals surface area contributed by atoms with E-state index in [-0.39, 0.29) is 0 Å². The molecule has 0 saturated carbocycles. The van der Waals surface area contributed by atoms with Gasteiger partial charge in [0.2, 0.25) is 0 Å². The fourth-order valence-electron chi connectivity index (χ4n) is 1.59. The summed E-state index contributed by atoms with van der Waals surface area (Å²) in [6.07, 6.45) is 6.58. The molecule has 0 N–H and O–H groups in total. The van der Waals surface area contributed by atoms with Gasteiger partial charge in [-0.1, -0.05) is 30.3 Å². The minimum Gasteiger partial charge on any atom is -0.336 e. The summed E-state index contributed by atoms with van der Waals surface area (Å²) in [5.41, 5.74) is 1.33. The lowest BCUT2D eigenvalue weighted by molar-refractivity contribution is 0.659. The van der Waals surface area contributed by atoms with Crippen molar-refractivity contribution in [2.45, 2.75) is 18.2 Å². The first-order valence-electron chi connectivity index (χ1n) is 5.02. The number of hydrogen-bond acceptors (Lipinski definition) is 2. The summed E-state index contributed by atoms with van der Waals surface area (Å²) in [5.74, 6) is 0. The molecule has 1 unspecified atom stereocenters. The van der Waals surface area contributed by atoms with Crippen molar-refractivity contribution in [3.8, 4) is 0 Å². The van der Waals surface area contributed by atoms with E-state index in [2.05, 4.69) is 46.4 Å². The molecule has 0 saturated heterocycles. The summed E-state index contributed by atoms with van der Waals surface area (Å²) in [7, 11) is 0. The lowest BCUT2D eigenvalue weighted by Crippen LogP contribution is -2.12. The van der Waals surface area contributed by atoms with Crippen molar-refractivity contribution in [3.63, 3.8) is 0 Å². The first-order valence-corrected chi connectivity index (χ1v) is 5.54. The van der Waals surface area contributed by atoms with Gasteiger partial charge in [0.1, 0.15) is 0 Å². The maximum Gasteiger partial charge on any atom is 0.0946 e. The maximum atomic E-state index is 4.58. The molecule has 3 heteroatoms. The third kappa shape index (κ3) is 3.13. The first-order chi connectivity index (χ1) is 7.34. The first kappa shape index (κ1) is 10.3. The predicted octanol–water partition coefficient (Wildman–Crippen LogP) is 2.42. The molecule has 2 aromatic rings. The molecular weight excluding hydrogens is 204 g/mol. The quantitative estimate of drug-likeness (QED) is 0.780. The van der Waals surface area contributed by atoms with Gasteiger partial charge in [-0.05, 0) is 12.0 Å². The van der Waals surface area contributed by atoms with E-state index in [1.807, 2.05) is 18.6 Å². The van der Waals surface area contributed by atoms with Crippen molar-refractivity contribution < 1.29 is 0 Å². The largest absolute Gasteiger partial charge is 0.336 e. The molecule has 0 bridgehead atoms. The third-order valence-electron chi connectivity index (χ3n) is 2.29. The molecule has 1 atom stereocenters. The van der Waals surface area contributed by atoms with E-state index < -0.39 is 0 Å². The van der Waals surface area contributed by atoms with E-state index in [0.717, 1.165) is 13.0 Å². The summed E-state index contributed by atoms with van der Waals surface area (Å²) in [5, 5.41) is 0.335. The highest BCUT2D eigenvalue weighted by Crippen LogP contribution is 2.09. The van der Waals surface area contributed by atoms with Gasteiger partial charge in [-0.25, -0.2) is 4.98 Å². The van der Waals surface area contributed by atoms with Crippen LogP contribution in [0.1, 0.15) is 5.56 Å². The van der Waals surface area contributed by atoms with Crippen LogP contribution in [0.2, 0.25) is 0 Å². The van der Waals surface area contributed by atoms with Crippen molar-refractivity contribution in [2.24, 2.45) is 0 Å². The highest BCUT2D eigenvalue weighted by Gasteiger charge is 2.04. The Bertz CT molecular complexity index is 383. The number of thiol groups is 1. The van der Waals surface area contributed by atoms with Gasteiger partial charge in [0.05, 0.1) is 6.33 Å². The van der Waals surface area contributed by atoms with Gasteiger partial charge in [0, 0.05) is 24.2 Å². The summed E-state index contributed by atoms with van der Waals surface area (Å²) < 4.78 is 2.06. The normalized spacial score (nSPS) is 12.6. The van der Waals surface area contributed by atoms with Crippen LogP contribution in [-0.2, 0) is 13.0 Å². The van der Waals surface area contributed by atoms with Gasteiger partial charge < -0.3 is 4.57 Å². The second-order valence-corrected chi connectivity index (χ2v) is 4.33. The topological polar surface area (TPSA) is 17.8 Å². The zero-order valence-electron chi connectivity index (χ0n) is 8.45. The highest BCUT2D eigenvalue weighted by atomic mass is 32.1. The summed E-state index contributed by atoms with van der Waals surface area (Å²) in [6, 6.07) is 10.4. The predicted molar refractivity (Wildman–Crippen MR) is 65.1 cm³/mol. The van der Waals surface area contributed by atoms with Crippen LogP contribution in [0.4, 0.5) is 0 Å². The van der Waals surface area contributed by atoms with Crippen LogP contribution in [0, 0.1) is 0 Å². The lowest BCUT2D eigenvalue weighted by Gasteiger charge is -2.11. The molecule has 0 radical (unpaired) electrons. The molecular formula is C12H14N2S. The Hall–Kier alpha value is -1.22. The zero-order chi connectivity index (χ0) is 10.5. The minimum absolute atomic E-state index is 0.335. The molecule has 0 spiro atoms. The fraction of sp³-hybridized carbons (Fsp3) is 0.250. The van der Waals surface area contributed by atoms with Crippen LogP contribution in [0.25, 0.3) is 0 Å². The molecule has 78 valence electrons. The minimum atomic E-state index is 0.335. The van der Waals surface area contributed by atoms with E-state index in [4.69, 9.17) is 0 Å². The van der Waals surface area contributed by atoms with Crippen LogP contribution in [0.15, 0.2) is 49.1 Å². The van der Waals surface area contributed by atoms with E-state index in [1.54, 1.807) is 6.20 Å². The molecule has 0 amide bonds. The maximum absolute atomic E-state index is 4.58. The molecule has 15 heavy (non-hydrogen) atoms. The number of rotatable bonds is 4. The SMILES string of the molecule is SC(Cc1ccccc1)Cn1ccnc1. The Labute approximate surface area is 95.4 Å². The summed E-state index contributed by atoms with van der Waals surface area (Å²) in [6.45, 7) is 0.901. The number of nitrogens with zero attached hydrogens (tertiary/aromatic N) is 2. The Morgan fingerprint density at radius 3 is 2.73 bits per heavy atom. The average Bonchev–Trinajstić information content (AvgIpc) is 2.71. The van der Waals surface area contributed by atoms with E-state index in [1.165, 1.54) is 5.56 Å². The second kappa shape index (κ2) is 5.03. The van der Waals surface area contributed by atoms with Gasteiger partial charge in [-0.3, -0.25) is 0 Å². The Balaban J connectivity index is 1.90. The van der Waals surface area contributed by atoms with E-state index in [0.29, 0.717) is 5.25 Å². The molecule has 0 aliphatic heterocycles. The highest BCUT2D eigenvalue weighted by molar-refractivity contribution is 7.80. The average molecular weight is 218 g/mol. The molecule has 1 aromatic carbocycles. The van der Waals surface area contributed by atoms with Crippen LogP contribution in [0.3, 0.4) is 0 Å². The van der Waals surface area contributed by atoms with Crippen LogP contribution < -0.4 is 0 Å². The van der Waals surface area contributed by atoms with Gasteiger partial charge in [0.25, 0.3) is 0 Å². The molecule has 0 fully saturated rings. The standard InChI is InChI=1S/C12H14N2S/c15-12(9-14-7-6-13-10-14)8-11-4-2-1-3-5-11/h1-7,10,12,15H,8-9H2. The smallest absolute Gasteiger partial charge is 0.0946 e. The van der Waals surface area contributed by atoms with Crippen LogP contribution in [0.5, 0.6) is 0 Å².